The first kappa shape index (κ1) is 9.98. The monoisotopic (exact) mass is 154 g/mol. The second kappa shape index (κ2) is 7.09. The summed E-state index contributed by atoms with van der Waals surface area (Å²) in [6, 6.07) is 0. The van der Waals surface area contributed by atoms with Crippen LogP contribution in [-0.2, 0) is 4.74 Å². The molecule has 0 fully saturated rings. The fourth-order valence-corrected chi connectivity index (χ4v) is 0.580. The molecule has 0 saturated carbocycles. The Hall–Kier alpha value is -1.02. The fraction of sp³-hybridized carbons (Fsp3) is 0.333. The lowest BCUT2D eigenvalue weighted by Gasteiger charge is -1.95. The molecule has 0 atom stereocenters. The third-order valence-electron chi connectivity index (χ3n) is 1.07. The van der Waals surface area contributed by atoms with Crippen LogP contribution in [0, 0.1) is 0 Å². The molecule has 0 radical (unpaired) electrons. The maximum atomic E-state index is 8.41. The van der Waals surface area contributed by atoms with Crippen LogP contribution < -0.4 is 0 Å². The molecule has 0 rings (SSSR count). The predicted molar refractivity (Wildman–Crippen MR) is 46.1 cm³/mol. The van der Waals surface area contributed by atoms with E-state index in [2.05, 4.69) is 0 Å². The van der Waals surface area contributed by atoms with Gasteiger partial charge in [-0.3, -0.25) is 0 Å². The molecule has 0 aliphatic carbocycles. The maximum Gasteiger partial charge on any atom is 0.118 e. The van der Waals surface area contributed by atoms with Crippen molar-refractivity contribution in [1.29, 1.82) is 0 Å². The van der Waals surface area contributed by atoms with Crippen molar-refractivity contribution in [3.05, 3.63) is 36.1 Å². The molecule has 0 heterocycles. The number of ether oxygens (including phenoxy) is 1. The third kappa shape index (κ3) is 5.43. The van der Waals surface area contributed by atoms with Crippen molar-refractivity contribution < 1.29 is 9.84 Å². The van der Waals surface area contributed by atoms with Gasteiger partial charge in [-0.2, -0.15) is 0 Å². The summed E-state index contributed by atoms with van der Waals surface area (Å²) in [6.07, 6.45) is 8.92. The Balaban J connectivity index is 4.00. The van der Waals surface area contributed by atoms with Crippen LogP contribution in [0.3, 0.4) is 0 Å². The highest BCUT2D eigenvalue weighted by molar-refractivity contribution is 5.17. The van der Waals surface area contributed by atoms with Gasteiger partial charge in [0, 0.05) is 0 Å². The molecular weight excluding hydrogens is 140 g/mol. The van der Waals surface area contributed by atoms with E-state index in [-0.39, 0.29) is 6.61 Å². The number of hydrogen-bond donors (Lipinski definition) is 1. The standard InChI is InChI=1S/C9H14O2/c1-3-6-9(11-2)7-4-5-8-10/h3-7,10H,8H2,1-2H3/b5-4?,6-3-,9-7+. The summed E-state index contributed by atoms with van der Waals surface area (Å²) >= 11 is 0. The molecule has 1 N–H and O–H groups in total. The summed E-state index contributed by atoms with van der Waals surface area (Å²) in [5.74, 6) is 0.775. The lowest BCUT2D eigenvalue weighted by Crippen LogP contribution is -1.79. The van der Waals surface area contributed by atoms with Gasteiger partial charge in [0.15, 0.2) is 0 Å². The summed E-state index contributed by atoms with van der Waals surface area (Å²) in [5.41, 5.74) is 0. The van der Waals surface area contributed by atoms with E-state index in [1.54, 1.807) is 25.3 Å². The van der Waals surface area contributed by atoms with Crippen molar-refractivity contribution >= 4 is 0 Å². The molecule has 0 unspecified atom stereocenters. The van der Waals surface area contributed by atoms with Gasteiger partial charge in [0.25, 0.3) is 0 Å². The van der Waals surface area contributed by atoms with Gasteiger partial charge in [0.1, 0.15) is 5.76 Å². The van der Waals surface area contributed by atoms with Crippen LogP contribution in [0.2, 0.25) is 0 Å². The van der Waals surface area contributed by atoms with Gasteiger partial charge in [-0.25, -0.2) is 0 Å². The van der Waals surface area contributed by atoms with Crippen molar-refractivity contribution in [2.75, 3.05) is 13.7 Å². The van der Waals surface area contributed by atoms with Gasteiger partial charge >= 0.3 is 0 Å². The molecule has 0 aliphatic heterocycles. The Kier molecular flexibility index (Phi) is 6.43. The van der Waals surface area contributed by atoms with Crippen molar-refractivity contribution in [1.82, 2.24) is 0 Å². The highest BCUT2D eigenvalue weighted by Gasteiger charge is 1.82. The number of aliphatic hydroxyl groups is 1. The van der Waals surface area contributed by atoms with Crippen molar-refractivity contribution in [2.24, 2.45) is 0 Å². The highest BCUT2D eigenvalue weighted by atomic mass is 16.5. The van der Waals surface area contributed by atoms with Crippen LogP contribution in [0.1, 0.15) is 6.92 Å². The Morgan fingerprint density at radius 3 is 2.73 bits per heavy atom. The highest BCUT2D eigenvalue weighted by Crippen LogP contribution is 1.97. The molecule has 0 aliphatic rings. The zero-order chi connectivity index (χ0) is 8.53. The molecule has 0 spiro atoms. The number of rotatable bonds is 4. The Morgan fingerprint density at radius 2 is 2.27 bits per heavy atom. The SMILES string of the molecule is C/C=C\C(=C/C=CCO)OC. The molecule has 2 nitrogen and oxygen atoms in total. The topological polar surface area (TPSA) is 29.5 Å². The van der Waals surface area contributed by atoms with Crippen molar-refractivity contribution in [3.8, 4) is 0 Å². The van der Waals surface area contributed by atoms with Gasteiger partial charge in [-0.1, -0.05) is 18.2 Å². The largest absolute Gasteiger partial charge is 0.497 e. The lowest BCUT2D eigenvalue weighted by atomic mass is 10.3. The minimum atomic E-state index is 0.0589. The van der Waals surface area contributed by atoms with E-state index in [0.717, 1.165) is 5.76 Å². The predicted octanol–water partition coefficient (Wildman–Crippen LogP) is 1.64. The van der Waals surface area contributed by atoms with E-state index >= 15 is 0 Å². The normalized spacial score (nSPS) is 13.2. The first-order valence-corrected chi connectivity index (χ1v) is 3.49. The van der Waals surface area contributed by atoms with Gasteiger partial charge < -0.3 is 9.84 Å². The Labute approximate surface area is 67.5 Å². The van der Waals surface area contributed by atoms with Crippen molar-refractivity contribution in [3.63, 3.8) is 0 Å². The minimum absolute atomic E-state index is 0.0589. The van der Waals surface area contributed by atoms with E-state index in [4.69, 9.17) is 9.84 Å². The number of methoxy groups -OCH3 is 1. The number of allylic oxidation sites excluding steroid dienone is 4. The van der Waals surface area contributed by atoms with Crippen molar-refractivity contribution in [2.45, 2.75) is 6.92 Å². The fourth-order valence-electron chi connectivity index (χ4n) is 0.580. The average molecular weight is 154 g/mol. The summed E-state index contributed by atoms with van der Waals surface area (Å²) in [5, 5.41) is 8.41. The Morgan fingerprint density at radius 1 is 1.55 bits per heavy atom. The third-order valence-corrected chi connectivity index (χ3v) is 1.07. The first-order chi connectivity index (χ1) is 5.35. The molecular formula is C9H14O2. The summed E-state index contributed by atoms with van der Waals surface area (Å²) in [7, 11) is 1.61. The van der Waals surface area contributed by atoms with Crippen LogP contribution in [-0.4, -0.2) is 18.8 Å². The quantitative estimate of drug-likeness (QED) is 0.492. The minimum Gasteiger partial charge on any atom is -0.497 e. The zero-order valence-corrected chi connectivity index (χ0v) is 6.95. The van der Waals surface area contributed by atoms with E-state index in [9.17, 15) is 0 Å². The molecule has 0 aromatic carbocycles. The molecule has 11 heavy (non-hydrogen) atoms. The second-order valence-corrected chi connectivity index (χ2v) is 1.88. The molecule has 62 valence electrons. The van der Waals surface area contributed by atoms with Crippen LogP contribution in [0.4, 0.5) is 0 Å². The first-order valence-electron chi connectivity index (χ1n) is 3.49. The lowest BCUT2D eigenvalue weighted by molar-refractivity contribution is 0.307. The van der Waals surface area contributed by atoms with E-state index in [1.165, 1.54) is 0 Å². The van der Waals surface area contributed by atoms with E-state index in [0.29, 0.717) is 0 Å². The van der Waals surface area contributed by atoms with Crippen LogP contribution >= 0.6 is 0 Å². The number of hydrogen-bond acceptors (Lipinski definition) is 2. The Bertz CT molecular complexity index is 166. The molecule has 0 saturated heterocycles. The van der Waals surface area contributed by atoms with E-state index < -0.39 is 0 Å². The molecule has 2 heteroatoms. The number of aliphatic hydroxyl groups excluding tert-OH is 1. The van der Waals surface area contributed by atoms with Gasteiger partial charge in [-0.15, -0.1) is 0 Å². The smallest absolute Gasteiger partial charge is 0.118 e. The molecule has 0 aromatic rings. The molecule has 0 amide bonds. The summed E-state index contributed by atoms with van der Waals surface area (Å²) in [4.78, 5) is 0. The average Bonchev–Trinajstić information content (AvgIpc) is 2.03. The van der Waals surface area contributed by atoms with E-state index in [1.807, 2.05) is 19.1 Å². The summed E-state index contributed by atoms with van der Waals surface area (Å²) < 4.78 is 4.98. The maximum absolute atomic E-state index is 8.41. The zero-order valence-electron chi connectivity index (χ0n) is 6.95. The van der Waals surface area contributed by atoms with Crippen LogP contribution in [0.15, 0.2) is 36.1 Å². The van der Waals surface area contributed by atoms with Gasteiger partial charge in [-0.05, 0) is 19.1 Å². The van der Waals surface area contributed by atoms with Crippen LogP contribution in [0.25, 0.3) is 0 Å². The molecule has 0 aromatic heterocycles. The second-order valence-electron chi connectivity index (χ2n) is 1.88. The van der Waals surface area contributed by atoms with Gasteiger partial charge in [0.2, 0.25) is 0 Å². The van der Waals surface area contributed by atoms with Crippen LogP contribution in [0.5, 0.6) is 0 Å². The van der Waals surface area contributed by atoms with Gasteiger partial charge in [0.05, 0.1) is 13.7 Å². The summed E-state index contributed by atoms with van der Waals surface area (Å²) in [6.45, 7) is 1.98. The molecule has 0 bridgehead atoms.